The second kappa shape index (κ2) is 6.49. The zero-order chi connectivity index (χ0) is 16.5. The van der Waals surface area contributed by atoms with Crippen molar-refractivity contribution >= 4 is 15.9 Å². The summed E-state index contributed by atoms with van der Waals surface area (Å²) in [4.78, 5) is 6.51. The van der Waals surface area contributed by atoms with E-state index >= 15 is 0 Å². The third-order valence-electron chi connectivity index (χ3n) is 3.62. The van der Waals surface area contributed by atoms with E-state index in [-0.39, 0.29) is 12.6 Å². The average Bonchev–Trinajstić information content (AvgIpc) is 2.46. The van der Waals surface area contributed by atoms with Crippen molar-refractivity contribution in [2.24, 2.45) is 0 Å². The van der Waals surface area contributed by atoms with E-state index in [0.29, 0.717) is 13.2 Å². The fourth-order valence-electron chi connectivity index (χ4n) is 2.34. The molecule has 1 fully saturated rings. The van der Waals surface area contributed by atoms with Crippen molar-refractivity contribution in [3.63, 3.8) is 0 Å². The van der Waals surface area contributed by atoms with Crippen molar-refractivity contribution in [2.45, 2.75) is 13.0 Å². The summed E-state index contributed by atoms with van der Waals surface area (Å²) in [6, 6.07) is 3.93. The monoisotopic (exact) mass is 328 g/mol. The van der Waals surface area contributed by atoms with Gasteiger partial charge in [-0.15, -0.1) is 0 Å². The van der Waals surface area contributed by atoms with Crippen LogP contribution in [-0.2, 0) is 14.9 Å². The van der Waals surface area contributed by atoms with E-state index in [9.17, 15) is 8.42 Å². The van der Waals surface area contributed by atoms with Gasteiger partial charge in [-0.05, 0) is 19.1 Å². The highest BCUT2D eigenvalue weighted by Crippen LogP contribution is 2.26. The van der Waals surface area contributed by atoms with Gasteiger partial charge in [-0.3, -0.25) is 4.98 Å². The van der Waals surface area contributed by atoms with Crippen molar-refractivity contribution < 1.29 is 13.2 Å². The topological polar surface area (TPSA) is 66.0 Å². The van der Waals surface area contributed by atoms with Gasteiger partial charge in [0.15, 0.2) is 0 Å². The molecule has 2 rings (SSSR count). The summed E-state index contributed by atoms with van der Waals surface area (Å²) in [6.07, 6.45) is -0.345. The van der Waals surface area contributed by atoms with Gasteiger partial charge in [-0.25, -0.2) is 0 Å². The fraction of sp³-hybridized carbons (Fsp3) is 0.643. The fourth-order valence-corrected chi connectivity index (χ4v) is 3.43. The maximum atomic E-state index is 12.3. The molecule has 124 valence electrons. The summed E-state index contributed by atoms with van der Waals surface area (Å²) in [5.41, 5.74) is 2.68. The molecule has 0 radical (unpaired) electrons. The molecule has 1 saturated heterocycles. The van der Waals surface area contributed by atoms with Crippen LogP contribution in [0.3, 0.4) is 0 Å². The zero-order valence-corrected chi connectivity index (χ0v) is 14.6. The number of nitrogens with zero attached hydrogens (tertiary/aromatic N) is 4. The molecule has 1 aromatic heterocycles. The maximum absolute atomic E-state index is 12.3. The van der Waals surface area contributed by atoms with Gasteiger partial charge in [0, 0.05) is 52.7 Å². The van der Waals surface area contributed by atoms with E-state index in [2.05, 4.69) is 4.98 Å². The molecule has 1 atom stereocenters. The summed E-state index contributed by atoms with van der Waals surface area (Å²) < 4.78 is 33.0. The number of hydrogen-bond donors (Lipinski definition) is 0. The number of aromatic nitrogens is 1. The van der Waals surface area contributed by atoms with Crippen LogP contribution in [-0.4, -0.2) is 69.9 Å². The Balaban J connectivity index is 2.27. The van der Waals surface area contributed by atoms with Crippen molar-refractivity contribution in [3.8, 4) is 0 Å². The number of pyridine rings is 1. The Bertz CT molecular complexity index is 631. The summed E-state index contributed by atoms with van der Waals surface area (Å²) in [5.74, 6) is 0. The van der Waals surface area contributed by atoms with Crippen molar-refractivity contribution in [3.05, 3.63) is 23.5 Å². The number of aryl methyl sites for hydroxylation is 1. The number of rotatable bonds is 4. The Hall–Kier alpha value is -1.22. The third-order valence-corrected chi connectivity index (χ3v) is 5.53. The number of morpholine rings is 1. The molecule has 1 aliphatic heterocycles. The highest BCUT2D eigenvalue weighted by atomic mass is 32.2. The van der Waals surface area contributed by atoms with Gasteiger partial charge in [0.05, 0.1) is 12.3 Å². The molecule has 0 saturated carbocycles. The Morgan fingerprint density at radius 2 is 1.95 bits per heavy atom. The summed E-state index contributed by atoms with van der Waals surface area (Å²) in [6.45, 7) is 2.94. The van der Waals surface area contributed by atoms with Gasteiger partial charge in [-0.1, -0.05) is 0 Å². The van der Waals surface area contributed by atoms with Crippen LogP contribution in [0.15, 0.2) is 12.1 Å². The standard InChI is InChI=1S/C14H24N4O3S/c1-11-8-12(16(2)3)9-13(15-11)14-10-18(6-7-21-14)22(19,20)17(4)5/h8-9,14H,6-7,10H2,1-5H3/t14-/m0/s1. The lowest BCUT2D eigenvalue weighted by Gasteiger charge is -2.33. The van der Waals surface area contributed by atoms with Crippen LogP contribution in [0.1, 0.15) is 17.5 Å². The Labute approximate surface area is 132 Å². The number of hydrogen-bond acceptors (Lipinski definition) is 5. The Kier molecular flexibility index (Phi) is 5.06. The van der Waals surface area contributed by atoms with Crippen molar-refractivity contribution in [1.82, 2.24) is 13.6 Å². The van der Waals surface area contributed by atoms with E-state index in [1.807, 2.05) is 38.1 Å². The lowest BCUT2D eigenvalue weighted by Crippen LogP contribution is -2.47. The first kappa shape index (κ1) is 17.1. The van der Waals surface area contributed by atoms with Gasteiger partial charge in [0.2, 0.25) is 0 Å². The SMILES string of the molecule is Cc1cc(N(C)C)cc([C@@H]2CN(S(=O)(=O)N(C)C)CCO2)n1. The summed E-state index contributed by atoms with van der Waals surface area (Å²) in [5, 5.41) is 0. The Morgan fingerprint density at radius 1 is 1.27 bits per heavy atom. The molecule has 0 bridgehead atoms. The zero-order valence-electron chi connectivity index (χ0n) is 13.8. The lowest BCUT2D eigenvalue weighted by molar-refractivity contribution is -0.00627. The Morgan fingerprint density at radius 3 is 2.55 bits per heavy atom. The minimum atomic E-state index is -3.43. The smallest absolute Gasteiger partial charge is 0.281 e. The predicted octanol–water partition coefficient (Wildman–Crippen LogP) is 0.636. The second-order valence-electron chi connectivity index (χ2n) is 5.79. The summed E-state index contributed by atoms with van der Waals surface area (Å²) >= 11 is 0. The van der Waals surface area contributed by atoms with Gasteiger partial charge in [0.1, 0.15) is 6.10 Å². The van der Waals surface area contributed by atoms with Crippen LogP contribution in [0.5, 0.6) is 0 Å². The molecular weight excluding hydrogens is 304 g/mol. The molecule has 0 aromatic carbocycles. The number of ether oxygens (including phenoxy) is 1. The normalized spacial score (nSPS) is 20.4. The lowest BCUT2D eigenvalue weighted by atomic mass is 10.1. The number of anilines is 1. The van der Waals surface area contributed by atoms with Crippen LogP contribution >= 0.6 is 0 Å². The van der Waals surface area contributed by atoms with Crippen molar-refractivity contribution in [2.75, 3.05) is 52.8 Å². The van der Waals surface area contributed by atoms with Crippen LogP contribution in [0.2, 0.25) is 0 Å². The molecule has 0 aliphatic carbocycles. The molecule has 1 aromatic rings. The minimum absolute atomic E-state index is 0.282. The first-order chi connectivity index (χ1) is 10.2. The van der Waals surface area contributed by atoms with E-state index in [1.54, 1.807) is 0 Å². The van der Waals surface area contributed by atoms with Gasteiger partial charge in [0.25, 0.3) is 10.2 Å². The molecule has 0 amide bonds. The quantitative estimate of drug-likeness (QED) is 0.811. The van der Waals surface area contributed by atoms with E-state index in [1.165, 1.54) is 22.7 Å². The summed E-state index contributed by atoms with van der Waals surface area (Å²) in [7, 11) is 3.57. The van der Waals surface area contributed by atoms with Crippen LogP contribution < -0.4 is 4.90 Å². The first-order valence-electron chi connectivity index (χ1n) is 7.17. The van der Waals surface area contributed by atoms with E-state index < -0.39 is 10.2 Å². The van der Waals surface area contributed by atoms with Crippen LogP contribution in [0.25, 0.3) is 0 Å². The van der Waals surface area contributed by atoms with E-state index in [0.717, 1.165) is 17.1 Å². The molecule has 1 aliphatic rings. The van der Waals surface area contributed by atoms with Crippen LogP contribution in [0, 0.1) is 6.92 Å². The van der Waals surface area contributed by atoms with Crippen LogP contribution in [0.4, 0.5) is 5.69 Å². The predicted molar refractivity (Wildman–Crippen MR) is 86.2 cm³/mol. The van der Waals surface area contributed by atoms with Gasteiger partial charge in [-0.2, -0.15) is 17.0 Å². The third kappa shape index (κ3) is 3.57. The molecule has 0 unspecified atom stereocenters. The van der Waals surface area contributed by atoms with Crippen molar-refractivity contribution in [1.29, 1.82) is 0 Å². The molecular formula is C14H24N4O3S. The minimum Gasteiger partial charge on any atom is -0.378 e. The molecule has 7 nitrogen and oxygen atoms in total. The molecule has 0 N–H and O–H groups in total. The molecule has 2 heterocycles. The van der Waals surface area contributed by atoms with Gasteiger partial charge >= 0.3 is 0 Å². The van der Waals surface area contributed by atoms with Gasteiger partial charge < -0.3 is 9.64 Å². The largest absolute Gasteiger partial charge is 0.378 e. The first-order valence-corrected chi connectivity index (χ1v) is 8.56. The second-order valence-corrected chi connectivity index (χ2v) is 7.94. The molecule has 22 heavy (non-hydrogen) atoms. The highest BCUT2D eigenvalue weighted by Gasteiger charge is 2.32. The highest BCUT2D eigenvalue weighted by molar-refractivity contribution is 7.86. The maximum Gasteiger partial charge on any atom is 0.281 e. The molecule has 0 spiro atoms. The molecule has 8 heteroatoms. The average molecular weight is 328 g/mol. The van der Waals surface area contributed by atoms with E-state index in [4.69, 9.17) is 4.74 Å².